The highest BCUT2D eigenvalue weighted by Crippen LogP contribution is 2.21. The predicted octanol–water partition coefficient (Wildman–Crippen LogP) is 2.61. The summed E-state index contributed by atoms with van der Waals surface area (Å²) in [4.78, 5) is 24.6. The summed E-state index contributed by atoms with van der Waals surface area (Å²) in [5.41, 5.74) is 0.0522. The van der Waals surface area contributed by atoms with Crippen LogP contribution in [0.25, 0.3) is 0 Å². The lowest BCUT2D eigenvalue weighted by Crippen LogP contribution is -2.33. The number of benzene rings is 1. The first-order valence-corrected chi connectivity index (χ1v) is 7.40. The van der Waals surface area contributed by atoms with E-state index in [-0.39, 0.29) is 30.2 Å². The normalized spacial score (nSPS) is 18.8. The highest BCUT2D eigenvalue weighted by Gasteiger charge is 2.23. The van der Waals surface area contributed by atoms with Crippen LogP contribution in [0.3, 0.4) is 0 Å². The summed E-state index contributed by atoms with van der Waals surface area (Å²) in [5, 5.41) is 8.83. The maximum atomic E-state index is 13.6. The van der Waals surface area contributed by atoms with Crippen LogP contribution in [-0.4, -0.2) is 35.0 Å². The summed E-state index contributed by atoms with van der Waals surface area (Å²) < 4.78 is 26.8. The van der Waals surface area contributed by atoms with E-state index in [1.165, 1.54) is 12.1 Å². The van der Waals surface area contributed by atoms with Crippen LogP contribution in [0.2, 0.25) is 0 Å². The van der Waals surface area contributed by atoms with E-state index >= 15 is 0 Å². The lowest BCUT2D eigenvalue weighted by molar-refractivity contribution is -0.138. The quantitative estimate of drug-likeness (QED) is 0.930. The fourth-order valence-corrected chi connectivity index (χ4v) is 2.83. The molecule has 0 spiro atoms. The first-order chi connectivity index (χ1) is 10.5. The monoisotopic (exact) mass is 311 g/mol. The Morgan fingerprint density at radius 1 is 1.23 bits per heavy atom. The second-order valence-corrected chi connectivity index (χ2v) is 5.67. The minimum Gasteiger partial charge on any atom is -0.481 e. The number of hydrogen-bond donors (Lipinski definition) is 1. The van der Waals surface area contributed by atoms with Gasteiger partial charge in [-0.2, -0.15) is 0 Å². The molecule has 0 unspecified atom stereocenters. The molecule has 6 heteroatoms. The van der Waals surface area contributed by atoms with Crippen molar-refractivity contribution < 1.29 is 23.5 Å². The van der Waals surface area contributed by atoms with Crippen LogP contribution in [0.5, 0.6) is 0 Å². The molecule has 1 aliphatic rings. The Morgan fingerprint density at radius 3 is 2.73 bits per heavy atom. The van der Waals surface area contributed by atoms with Crippen LogP contribution in [0.4, 0.5) is 8.78 Å². The molecule has 0 saturated carbocycles. The number of halogens is 2. The van der Waals surface area contributed by atoms with Gasteiger partial charge in [-0.25, -0.2) is 8.78 Å². The van der Waals surface area contributed by atoms with Gasteiger partial charge in [-0.05, 0) is 31.2 Å². The number of likely N-dealkylation sites (tertiary alicyclic amines) is 1. The molecule has 4 nitrogen and oxygen atoms in total. The van der Waals surface area contributed by atoms with E-state index in [1.54, 1.807) is 4.90 Å². The molecule has 2 rings (SSSR count). The molecule has 0 aromatic heterocycles. The minimum absolute atomic E-state index is 0.0522. The number of carbonyl (C=O) groups excluding carboxylic acids is 1. The second kappa shape index (κ2) is 7.33. The van der Waals surface area contributed by atoms with E-state index in [9.17, 15) is 18.4 Å². The van der Waals surface area contributed by atoms with Gasteiger partial charge in [-0.15, -0.1) is 0 Å². The summed E-state index contributed by atoms with van der Waals surface area (Å²) in [6.07, 6.45) is 2.07. The van der Waals surface area contributed by atoms with Gasteiger partial charge < -0.3 is 10.0 Å². The second-order valence-electron chi connectivity index (χ2n) is 5.67. The molecule has 1 heterocycles. The molecule has 0 bridgehead atoms. The first kappa shape index (κ1) is 16.4. The van der Waals surface area contributed by atoms with Gasteiger partial charge >= 0.3 is 5.97 Å². The number of carboxylic acid groups (broad SMARTS) is 1. The zero-order valence-electron chi connectivity index (χ0n) is 12.2. The summed E-state index contributed by atoms with van der Waals surface area (Å²) in [7, 11) is 0. The topological polar surface area (TPSA) is 57.6 Å². The zero-order valence-corrected chi connectivity index (χ0v) is 12.2. The molecule has 0 aliphatic carbocycles. The van der Waals surface area contributed by atoms with Gasteiger partial charge in [0.05, 0.1) is 6.42 Å². The third kappa shape index (κ3) is 4.26. The van der Waals surface area contributed by atoms with Crippen molar-refractivity contribution in [1.82, 2.24) is 4.90 Å². The molecular formula is C16H19F2NO3. The van der Waals surface area contributed by atoms with E-state index in [4.69, 9.17) is 5.11 Å². The third-order valence-electron chi connectivity index (χ3n) is 4.04. The van der Waals surface area contributed by atoms with Crippen molar-refractivity contribution in [3.05, 3.63) is 35.4 Å². The molecule has 1 atom stereocenters. The van der Waals surface area contributed by atoms with Gasteiger partial charge in [0.25, 0.3) is 0 Å². The Bertz CT molecular complexity index is 562. The van der Waals surface area contributed by atoms with Crippen molar-refractivity contribution in [1.29, 1.82) is 0 Å². The smallest absolute Gasteiger partial charge is 0.303 e. The standard InChI is InChI=1S/C16H19F2NO3/c17-13-5-1-4-12(16(13)18)10-14(20)19-7-2-3-11(6-8-19)9-15(21)22/h1,4-5,11H,2-3,6-10H2,(H,21,22)/t11-/m1/s1. The van der Waals surface area contributed by atoms with E-state index in [2.05, 4.69) is 0 Å². The van der Waals surface area contributed by atoms with Gasteiger partial charge in [-0.1, -0.05) is 12.1 Å². The first-order valence-electron chi connectivity index (χ1n) is 7.40. The Labute approximate surface area is 127 Å². The van der Waals surface area contributed by atoms with Crippen molar-refractivity contribution in [2.45, 2.75) is 32.1 Å². The summed E-state index contributed by atoms with van der Waals surface area (Å²) in [6.45, 7) is 1.000. The number of carboxylic acids is 1. The van der Waals surface area contributed by atoms with Gasteiger partial charge in [0.2, 0.25) is 5.91 Å². The van der Waals surface area contributed by atoms with Crippen LogP contribution in [0, 0.1) is 17.6 Å². The Morgan fingerprint density at radius 2 is 2.00 bits per heavy atom. The molecule has 120 valence electrons. The molecule has 22 heavy (non-hydrogen) atoms. The molecule has 1 aromatic rings. The van der Waals surface area contributed by atoms with Gasteiger partial charge in [0, 0.05) is 25.1 Å². The predicted molar refractivity (Wildman–Crippen MR) is 76.2 cm³/mol. The molecule has 1 aromatic carbocycles. The largest absolute Gasteiger partial charge is 0.481 e. The van der Waals surface area contributed by atoms with E-state index < -0.39 is 17.6 Å². The molecule has 1 fully saturated rings. The zero-order chi connectivity index (χ0) is 16.1. The molecule has 0 radical (unpaired) electrons. The van der Waals surface area contributed by atoms with E-state index in [1.807, 2.05) is 0 Å². The molecular weight excluding hydrogens is 292 g/mol. The van der Waals surface area contributed by atoms with Crippen molar-refractivity contribution in [2.24, 2.45) is 5.92 Å². The van der Waals surface area contributed by atoms with Gasteiger partial charge in [0.15, 0.2) is 11.6 Å². The lowest BCUT2D eigenvalue weighted by Gasteiger charge is -2.20. The molecule has 1 amide bonds. The minimum atomic E-state index is -0.977. The summed E-state index contributed by atoms with van der Waals surface area (Å²) >= 11 is 0. The lowest BCUT2D eigenvalue weighted by atomic mass is 9.97. The SMILES string of the molecule is O=C(O)C[C@@H]1CCCN(C(=O)Cc2cccc(F)c2F)CC1. The maximum absolute atomic E-state index is 13.6. The van der Waals surface area contributed by atoms with Crippen LogP contribution < -0.4 is 0 Å². The number of aliphatic carboxylic acids is 1. The van der Waals surface area contributed by atoms with Crippen LogP contribution >= 0.6 is 0 Å². The summed E-state index contributed by atoms with van der Waals surface area (Å²) in [6, 6.07) is 3.81. The Kier molecular flexibility index (Phi) is 5.46. The highest BCUT2D eigenvalue weighted by molar-refractivity contribution is 5.78. The number of nitrogens with zero attached hydrogens (tertiary/aromatic N) is 1. The van der Waals surface area contributed by atoms with Crippen LogP contribution in [-0.2, 0) is 16.0 Å². The van der Waals surface area contributed by atoms with Crippen molar-refractivity contribution in [2.75, 3.05) is 13.1 Å². The van der Waals surface area contributed by atoms with Crippen LogP contribution in [0.1, 0.15) is 31.2 Å². The van der Waals surface area contributed by atoms with Gasteiger partial charge in [-0.3, -0.25) is 9.59 Å². The van der Waals surface area contributed by atoms with E-state index in [0.29, 0.717) is 19.5 Å². The number of amides is 1. The fraction of sp³-hybridized carbons (Fsp3) is 0.500. The third-order valence-corrected chi connectivity index (χ3v) is 4.04. The number of carbonyl (C=O) groups is 2. The maximum Gasteiger partial charge on any atom is 0.303 e. The van der Waals surface area contributed by atoms with Crippen molar-refractivity contribution >= 4 is 11.9 Å². The Hall–Kier alpha value is -1.98. The average molecular weight is 311 g/mol. The van der Waals surface area contributed by atoms with Gasteiger partial charge in [0.1, 0.15) is 0 Å². The average Bonchev–Trinajstić information content (AvgIpc) is 2.69. The Balaban J connectivity index is 1.95. The number of hydrogen-bond acceptors (Lipinski definition) is 2. The fourth-order valence-electron chi connectivity index (χ4n) is 2.83. The van der Waals surface area contributed by atoms with Crippen molar-refractivity contribution in [3.8, 4) is 0 Å². The van der Waals surface area contributed by atoms with E-state index in [0.717, 1.165) is 18.9 Å². The summed E-state index contributed by atoms with van der Waals surface area (Å²) in [5.74, 6) is -2.94. The number of rotatable bonds is 4. The molecule has 1 N–H and O–H groups in total. The molecule has 1 saturated heterocycles. The van der Waals surface area contributed by atoms with Crippen LogP contribution in [0.15, 0.2) is 18.2 Å². The van der Waals surface area contributed by atoms with Crippen molar-refractivity contribution in [3.63, 3.8) is 0 Å². The molecule has 1 aliphatic heterocycles. The highest BCUT2D eigenvalue weighted by atomic mass is 19.2.